The zero-order valence-electron chi connectivity index (χ0n) is 16.4. The van der Waals surface area contributed by atoms with Crippen molar-refractivity contribution in [2.45, 2.75) is 20.0 Å². The van der Waals surface area contributed by atoms with Crippen molar-refractivity contribution in [3.05, 3.63) is 71.8 Å². The largest absolute Gasteiger partial charge is 0.491 e. The van der Waals surface area contributed by atoms with Crippen molar-refractivity contribution in [3.8, 4) is 5.75 Å². The fourth-order valence-corrected chi connectivity index (χ4v) is 2.63. The van der Waals surface area contributed by atoms with E-state index in [1.807, 2.05) is 19.1 Å². The third-order valence-corrected chi connectivity index (χ3v) is 4.12. The molecule has 3 N–H and O–H groups in total. The lowest BCUT2D eigenvalue weighted by Gasteiger charge is -2.23. The minimum absolute atomic E-state index is 0.0936. The standard InChI is InChI=1S/C22H25NO6/c1-15-3-8-18(9-4-15)23-22(27)29-21(16(2)5-12-20(25)26)17-6-10-19(11-7-17)28-14-13-24/h3-12,16,21,24H,13-14H2,1-2H3,(H,23,27)(H,25,26)/b12-5+/t16-,21-/m1/s1. The molecule has 7 nitrogen and oxygen atoms in total. The molecule has 2 aromatic carbocycles. The van der Waals surface area contributed by atoms with Gasteiger partial charge in [0.25, 0.3) is 0 Å². The summed E-state index contributed by atoms with van der Waals surface area (Å²) >= 11 is 0. The molecule has 0 aliphatic heterocycles. The van der Waals surface area contributed by atoms with E-state index < -0.39 is 18.2 Å². The molecule has 29 heavy (non-hydrogen) atoms. The molecular weight excluding hydrogens is 374 g/mol. The summed E-state index contributed by atoms with van der Waals surface area (Å²) in [5, 5.41) is 20.4. The molecule has 2 aromatic rings. The van der Waals surface area contributed by atoms with Gasteiger partial charge in [0.1, 0.15) is 18.5 Å². The minimum Gasteiger partial charge on any atom is -0.491 e. The molecule has 0 saturated heterocycles. The van der Waals surface area contributed by atoms with E-state index in [2.05, 4.69) is 5.32 Å². The van der Waals surface area contributed by atoms with Crippen LogP contribution in [0.3, 0.4) is 0 Å². The number of hydrogen-bond donors (Lipinski definition) is 3. The number of nitrogens with one attached hydrogen (secondary N) is 1. The maximum absolute atomic E-state index is 12.4. The van der Waals surface area contributed by atoms with Crippen LogP contribution in [0.15, 0.2) is 60.7 Å². The number of aryl methyl sites for hydroxylation is 1. The molecule has 0 bridgehead atoms. The van der Waals surface area contributed by atoms with Gasteiger partial charge in [0, 0.05) is 17.7 Å². The molecule has 0 heterocycles. The Bertz CT molecular complexity index is 829. The van der Waals surface area contributed by atoms with Crippen molar-refractivity contribution in [2.24, 2.45) is 5.92 Å². The first-order valence-corrected chi connectivity index (χ1v) is 9.18. The molecule has 0 aliphatic carbocycles. The molecule has 1 amide bonds. The molecule has 2 atom stereocenters. The Morgan fingerprint density at radius 3 is 2.34 bits per heavy atom. The van der Waals surface area contributed by atoms with Gasteiger partial charge in [-0.25, -0.2) is 9.59 Å². The van der Waals surface area contributed by atoms with Crippen LogP contribution in [0, 0.1) is 12.8 Å². The minimum atomic E-state index is -1.08. The fraction of sp³-hybridized carbons (Fsp3) is 0.273. The average molecular weight is 399 g/mol. The zero-order valence-corrected chi connectivity index (χ0v) is 16.4. The summed E-state index contributed by atoms with van der Waals surface area (Å²) in [4.78, 5) is 23.3. The van der Waals surface area contributed by atoms with E-state index in [4.69, 9.17) is 19.7 Å². The normalized spacial score (nSPS) is 12.9. The Kier molecular flexibility index (Phi) is 8.24. The third-order valence-electron chi connectivity index (χ3n) is 4.12. The second kappa shape index (κ2) is 10.9. The SMILES string of the molecule is Cc1ccc(NC(=O)O[C@@H](c2ccc(OCCO)cc2)[C@H](C)/C=C/C(=O)O)cc1. The highest BCUT2D eigenvalue weighted by molar-refractivity contribution is 5.84. The number of carbonyl (C=O) groups excluding carboxylic acids is 1. The van der Waals surface area contributed by atoms with E-state index in [-0.39, 0.29) is 19.1 Å². The van der Waals surface area contributed by atoms with E-state index in [1.54, 1.807) is 43.3 Å². The molecule has 0 aliphatic rings. The van der Waals surface area contributed by atoms with Crippen LogP contribution in [0.2, 0.25) is 0 Å². The highest BCUT2D eigenvalue weighted by Crippen LogP contribution is 2.29. The van der Waals surface area contributed by atoms with Crippen molar-refractivity contribution in [1.82, 2.24) is 0 Å². The van der Waals surface area contributed by atoms with Crippen LogP contribution >= 0.6 is 0 Å². The topological polar surface area (TPSA) is 105 Å². The number of aliphatic carboxylic acids is 1. The van der Waals surface area contributed by atoms with Gasteiger partial charge in [0.2, 0.25) is 0 Å². The van der Waals surface area contributed by atoms with E-state index in [0.717, 1.165) is 11.6 Å². The summed E-state index contributed by atoms with van der Waals surface area (Å²) in [5.74, 6) is -0.897. The Morgan fingerprint density at radius 1 is 1.10 bits per heavy atom. The average Bonchev–Trinajstić information content (AvgIpc) is 2.71. The maximum atomic E-state index is 12.4. The summed E-state index contributed by atoms with van der Waals surface area (Å²) in [6, 6.07) is 14.2. The predicted molar refractivity (Wildman–Crippen MR) is 109 cm³/mol. The van der Waals surface area contributed by atoms with Gasteiger partial charge in [-0.15, -0.1) is 0 Å². The van der Waals surface area contributed by atoms with Gasteiger partial charge < -0.3 is 19.7 Å². The molecule has 0 unspecified atom stereocenters. The highest BCUT2D eigenvalue weighted by Gasteiger charge is 2.22. The quantitative estimate of drug-likeness (QED) is 0.552. The van der Waals surface area contributed by atoms with E-state index >= 15 is 0 Å². The first-order valence-electron chi connectivity index (χ1n) is 9.18. The number of carboxylic acids is 1. The molecule has 2 rings (SSSR count). The second-order valence-electron chi connectivity index (χ2n) is 6.51. The van der Waals surface area contributed by atoms with E-state index in [1.165, 1.54) is 6.08 Å². The van der Waals surface area contributed by atoms with Gasteiger partial charge in [-0.2, -0.15) is 0 Å². The van der Waals surface area contributed by atoms with Crippen LogP contribution in [0.4, 0.5) is 10.5 Å². The van der Waals surface area contributed by atoms with Crippen LogP contribution in [-0.4, -0.2) is 35.5 Å². The molecule has 7 heteroatoms. The monoisotopic (exact) mass is 399 g/mol. The number of ether oxygens (including phenoxy) is 2. The summed E-state index contributed by atoms with van der Waals surface area (Å²) in [5.41, 5.74) is 2.35. The summed E-state index contributed by atoms with van der Waals surface area (Å²) in [7, 11) is 0. The number of aliphatic hydroxyl groups excluding tert-OH is 1. The number of aliphatic hydroxyl groups is 1. The van der Waals surface area contributed by atoms with Gasteiger partial charge in [-0.1, -0.05) is 42.8 Å². The van der Waals surface area contributed by atoms with Gasteiger partial charge in [0.05, 0.1) is 6.61 Å². The van der Waals surface area contributed by atoms with Crippen molar-refractivity contribution < 1.29 is 29.3 Å². The molecule has 0 spiro atoms. The van der Waals surface area contributed by atoms with Crippen LogP contribution in [-0.2, 0) is 9.53 Å². The number of benzene rings is 2. The summed E-state index contributed by atoms with van der Waals surface area (Å²) in [6.07, 6.45) is 1.15. The Hall–Kier alpha value is -3.32. The number of hydrogen-bond acceptors (Lipinski definition) is 5. The van der Waals surface area contributed by atoms with E-state index in [9.17, 15) is 9.59 Å². The van der Waals surface area contributed by atoms with Crippen LogP contribution in [0.1, 0.15) is 24.2 Å². The number of anilines is 1. The van der Waals surface area contributed by atoms with Crippen molar-refractivity contribution in [3.63, 3.8) is 0 Å². The van der Waals surface area contributed by atoms with Crippen molar-refractivity contribution in [1.29, 1.82) is 0 Å². The van der Waals surface area contributed by atoms with Gasteiger partial charge in [-0.05, 0) is 36.8 Å². The smallest absolute Gasteiger partial charge is 0.412 e. The van der Waals surface area contributed by atoms with Crippen LogP contribution in [0.25, 0.3) is 0 Å². The lowest BCUT2D eigenvalue weighted by Crippen LogP contribution is -2.21. The molecule has 0 saturated carbocycles. The van der Waals surface area contributed by atoms with Crippen LogP contribution in [0.5, 0.6) is 5.75 Å². The molecule has 154 valence electrons. The van der Waals surface area contributed by atoms with Gasteiger partial charge in [-0.3, -0.25) is 5.32 Å². The predicted octanol–water partition coefficient (Wildman–Crippen LogP) is 3.93. The van der Waals surface area contributed by atoms with Gasteiger partial charge >= 0.3 is 12.1 Å². The molecule has 0 radical (unpaired) electrons. The first-order chi connectivity index (χ1) is 13.9. The Labute approximate surface area is 169 Å². The maximum Gasteiger partial charge on any atom is 0.412 e. The van der Waals surface area contributed by atoms with Crippen molar-refractivity contribution in [2.75, 3.05) is 18.5 Å². The van der Waals surface area contributed by atoms with E-state index in [0.29, 0.717) is 17.0 Å². The highest BCUT2D eigenvalue weighted by atomic mass is 16.6. The van der Waals surface area contributed by atoms with Crippen molar-refractivity contribution >= 4 is 17.7 Å². The molecule has 0 fully saturated rings. The molecule has 0 aromatic heterocycles. The molecular formula is C22H25NO6. The first kappa shape index (κ1) is 22.0. The summed E-state index contributed by atoms with van der Waals surface area (Å²) < 4.78 is 10.9. The number of carbonyl (C=O) groups is 2. The Morgan fingerprint density at radius 2 is 1.76 bits per heavy atom. The summed E-state index contributed by atoms with van der Waals surface area (Å²) in [6.45, 7) is 3.79. The zero-order chi connectivity index (χ0) is 21.2. The van der Waals surface area contributed by atoms with Gasteiger partial charge in [0.15, 0.2) is 0 Å². The second-order valence-corrected chi connectivity index (χ2v) is 6.51. The number of amides is 1. The van der Waals surface area contributed by atoms with Crippen LogP contribution < -0.4 is 10.1 Å². The lowest BCUT2D eigenvalue weighted by atomic mass is 9.96. The number of carboxylic acid groups (broad SMARTS) is 1. The third kappa shape index (κ3) is 7.31. The Balaban J connectivity index is 2.16. The lowest BCUT2D eigenvalue weighted by molar-refractivity contribution is -0.131. The fourth-order valence-electron chi connectivity index (χ4n) is 2.63. The number of rotatable bonds is 9.